The number of rotatable bonds is 3. The van der Waals surface area contributed by atoms with Crippen molar-refractivity contribution in [2.24, 2.45) is 0 Å². The zero-order valence-electron chi connectivity index (χ0n) is 11.7. The van der Waals surface area contributed by atoms with E-state index < -0.39 is 19.7 Å². The third kappa shape index (κ3) is 3.62. The van der Waals surface area contributed by atoms with Crippen molar-refractivity contribution in [1.29, 1.82) is 0 Å². The normalized spacial score (nSPS) is 16.7. The second-order valence-electron chi connectivity index (χ2n) is 5.04. The number of sulfone groups is 2. The van der Waals surface area contributed by atoms with Gasteiger partial charge in [0.1, 0.15) is 5.83 Å². The van der Waals surface area contributed by atoms with Crippen molar-refractivity contribution in [3.05, 3.63) is 30.1 Å². The van der Waals surface area contributed by atoms with Gasteiger partial charge < -0.3 is 4.90 Å². The van der Waals surface area contributed by atoms with E-state index in [-0.39, 0.29) is 22.2 Å². The molecule has 1 aliphatic heterocycles. The first-order chi connectivity index (χ1) is 9.59. The van der Waals surface area contributed by atoms with Crippen LogP contribution in [0, 0.1) is 0 Å². The molecule has 0 spiro atoms. The number of anilines is 1. The minimum absolute atomic E-state index is 0.0132. The third-order valence-corrected chi connectivity index (χ3v) is 5.44. The van der Waals surface area contributed by atoms with Crippen LogP contribution in [0.15, 0.2) is 39.9 Å². The lowest BCUT2D eigenvalue weighted by Gasteiger charge is -2.28. The van der Waals surface area contributed by atoms with Crippen molar-refractivity contribution in [2.45, 2.75) is 16.2 Å². The molecule has 0 atom stereocenters. The van der Waals surface area contributed by atoms with Crippen molar-refractivity contribution in [3.63, 3.8) is 0 Å². The molecule has 0 fully saturated rings. The molecule has 0 aliphatic carbocycles. The maximum atomic E-state index is 13.4. The molecule has 21 heavy (non-hydrogen) atoms. The molecule has 0 N–H and O–H groups in total. The van der Waals surface area contributed by atoms with Crippen LogP contribution in [0.2, 0.25) is 0 Å². The van der Waals surface area contributed by atoms with Gasteiger partial charge in [0.15, 0.2) is 19.7 Å². The fourth-order valence-electron chi connectivity index (χ4n) is 2.19. The van der Waals surface area contributed by atoms with E-state index in [1.165, 1.54) is 18.2 Å². The molecule has 2 rings (SSSR count). The SMILES string of the molecule is CS(=O)(=O)c1ccc(N2CCC=C(F)C2)c(S(C)(=O)=O)c1. The summed E-state index contributed by atoms with van der Waals surface area (Å²) in [5.74, 6) is -0.326. The van der Waals surface area contributed by atoms with Crippen LogP contribution in [0.3, 0.4) is 0 Å². The smallest absolute Gasteiger partial charge is 0.177 e. The Morgan fingerprint density at radius 3 is 2.29 bits per heavy atom. The van der Waals surface area contributed by atoms with E-state index in [9.17, 15) is 21.2 Å². The Morgan fingerprint density at radius 2 is 1.76 bits per heavy atom. The molecule has 1 aromatic carbocycles. The average molecular weight is 333 g/mol. The summed E-state index contributed by atoms with van der Waals surface area (Å²) in [5, 5.41) is 0. The number of halogens is 1. The fourth-order valence-corrected chi connectivity index (χ4v) is 3.83. The van der Waals surface area contributed by atoms with E-state index >= 15 is 0 Å². The molecule has 1 aromatic rings. The molecule has 5 nitrogen and oxygen atoms in total. The molecular weight excluding hydrogens is 317 g/mol. The average Bonchev–Trinajstić information content (AvgIpc) is 2.36. The Balaban J connectivity index is 2.59. The minimum atomic E-state index is -3.63. The zero-order valence-corrected chi connectivity index (χ0v) is 13.3. The highest BCUT2D eigenvalue weighted by Gasteiger charge is 2.23. The lowest BCUT2D eigenvalue weighted by molar-refractivity contribution is 0.571. The lowest BCUT2D eigenvalue weighted by atomic mass is 10.2. The van der Waals surface area contributed by atoms with Crippen LogP contribution in [0.1, 0.15) is 6.42 Å². The van der Waals surface area contributed by atoms with E-state index in [1.807, 2.05) is 0 Å². The second-order valence-corrected chi connectivity index (χ2v) is 9.03. The largest absolute Gasteiger partial charge is 0.363 e. The number of hydrogen-bond donors (Lipinski definition) is 0. The van der Waals surface area contributed by atoms with Crippen molar-refractivity contribution >= 4 is 25.4 Å². The number of nitrogens with zero attached hydrogens (tertiary/aromatic N) is 1. The lowest BCUT2D eigenvalue weighted by Crippen LogP contribution is -2.30. The standard InChI is InChI=1S/C13H16FNO4S2/c1-20(16,17)11-5-6-12(13(8-11)21(2,18)19)15-7-3-4-10(14)9-15/h4-6,8H,3,7,9H2,1-2H3. The monoisotopic (exact) mass is 333 g/mol. The molecule has 0 saturated carbocycles. The molecule has 116 valence electrons. The summed E-state index contributed by atoms with van der Waals surface area (Å²) < 4.78 is 60.4. The Bertz CT molecular complexity index is 797. The van der Waals surface area contributed by atoms with E-state index in [0.29, 0.717) is 18.7 Å². The van der Waals surface area contributed by atoms with Crippen molar-refractivity contribution in [2.75, 3.05) is 30.5 Å². The Kier molecular flexibility index (Phi) is 4.12. The molecule has 0 bridgehead atoms. The number of benzene rings is 1. The predicted octanol–water partition coefficient (Wildman–Crippen LogP) is 1.56. The third-order valence-electron chi connectivity index (χ3n) is 3.21. The van der Waals surface area contributed by atoms with Crippen LogP contribution < -0.4 is 4.90 Å². The van der Waals surface area contributed by atoms with E-state index in [4.69, 9.17) is 0 Å². The first kappa shape index (κ1) is 16.0. The molecule has 1 heterocycles. The summed E-state index contributed by atoms with van der Waals surface area (Å²) in [6, 6.07) is 3.90. The second kappa shape index (κ2) is 5.42. The summed E-state index contributed by atoms with van der Waals surface area (Å²) in [6.45, 7) is 0.467. The number of hydrogen-bond acceptors (Lipinski definition) is 5. The van der Waals surface area contributed by atoms with Gasteiger partial charge in [0, 0.05) is 19.1 Å². The van der Waals surface area contributed by atoms with Gasteiger partial charge in [0.05, 0.1) is 22.0 Å². The summed E-state index contributed by atoms with van der Waals surface area (Å²) >= 11 is 0. The highest BCUT2D eigenvalue weighted by molar-refractivity contribution is 7.91. The van der Waals surface area contributed by atoms with Gasteiger partial charge >= 0.3 is 0 Å². The van der Waals surface area contributed by atoms with Crippen LogP contribution >= 0.6 is 0 Å². The first-order valence-corrected chi connectivity index (χ1v) is 10.0. The predicted molar refractivity (Wildman–Crippen MR) is 78.7 cm³/mol. The molecule has 0 saturated heterocycles. The fraction of sp³-hybridized carbons (Fsp3) is 0.385. The highest BCUT2D eigenvalue weighted by atomic mass is 32.2. The van der Waals surface area contributed by atoms with Gasteiger partial charge in [-0.2, -0.15) is 0 Å². The van der Waals surface area contributed by atoms with E-state index in [0.717, 1.165) is 18.6 Å². The van der Waals surface area contributed by atoms with Gasteiger partial charge in [0.2, 0.25) is 0 Å². The van der Waals surface area contributed by atoms with E-state index in [2.05, 4.69) is 0 Å². The van der Waals surface area contributed by atoms with E-state index in [1.54, 1.807) is 4.90 Å². The molecule has 0 radical (unpaired) electrons. The van der Waals surface area contributed by atoms with Crippen LogP contribution in [-0.4, -0.2) is 42.4 Å². The quantitative estimate of drug-likeness (QED) is 0.839. The van der Waals surface area contributed by atoms with Crippen molar-refractivity contribution in [1.82, 2.24) is 0 Å². The van der Waals surface area contributed by atoms with Gasteiger partial charge in [-0.25, -0.2) is 21.2 Å². The van der Waals surface area contributed by atoms with Crippen molar-refractivity contribution < 1.29 is 21.2 Å². The molecular formula is C13H16FNO4S2. The topological polar surface area (TPSA) is 71.5 Å². The maximum absolute atomic E-state index is 13.4. The van der Waals surface area contributed by atoms with Crippen LogP contribution in [0.4, 0.5) is 10.1 Å². The molecule has 0 unspecified atom stereocenters. The Labute approximate surface area is 123 Å². The Hall–Kier alpha value is -1.41. The summed E-state index contributed by atoms with van der Waals surface area (Å²) in [6.07, 6.45) is 3.95. The summed E-state index contributed by atoms with van der Waals surface area (Å²) in [5.41, 5.74) is 0.327. The van der Waals surface area contributed by atoms with Crippen LogP contribution in [0.25, 0.3) is 0 Å². The highest BCUT2D eigenvalue weighted by Crippen LogP contribution is 2.30. The molecule has 0 aromatic heterocycles. The molecule has 1 aliphatic rings. The van der Waals surface area contributed by atoms with Crippen molar-refractivity contribution in [3.8, 4) is 0 Å². The van der Waals surface area contributed by atoms with Gasteiger partial charge in [-0.1, -0.05) is 0 Å². The van der Waals surface area contributed by atoms with Gasteiger partial charge in [-0.15, -0.1) is 0 Å². The van der Waals surface area contributed by atoms with Crippen LogP contribution in [-0.2, 0) is 19.7 Å². The first-order valence-electron chi connectivity index (χ1n) is 6.22. The summed E-state index contributed by atoms with van der Waals surface area (Å²) in [4.78, 5) is 1.43. The molecule has 8 heteroatoms. The van der Waals surface area contributed by atoms with Gasteiger partial charge in [-0.05, 0) is 30.7 Å². The molecule has 0 amide bonds. The zero-order chi connectivity index (χ0) is 15.8. The maximum Gasteiger partial charge on any atom is 0.177 e. The van der Waals surface area contributed by atoms with Crippen LogP contribution in [0.5, 0.6) is 0 Å². The van der Waals surface area contributed by atoms with Gasteiger partial charge in [-0.3, -0.25) is 0 Å². The summed E-state index contributed by atoms with van der Waals surface area (Å²) in [7, 11) is -7.14. The van der Waals surface area contributed by atoms with Gasteiger partial charge in [0.25, 0.3) is 0 Å². The minimum Gasteiger partial charge on any atom is -0.363 e. The Morgan fingerprint density at radius 1 is 1.10 bits per heavy atom.